The molecule has 1 heterocycles. The van der Waals surface area contributed by atoms with Gasteiger partial charge in [-0.25, -0.2) is 4.79 Å². The summed E-state index contributed by atoms with van der Waals surface area (Å²) in [5, 5.41) is 5.78. The number of urea groups is 1. The number of carbonyl (C=O) groups is 3. The fraction of sp³-hybridized carbons (Fsp3) is 0.250. The summed E-state index contributed by atoms with van der Waals surface area (Å²) in [6.45, 7) is 4.99. The summed E-state index contributed by atoms with van der Waals surface area (Å²) in [5.74, 6) is -0.965. The first-order chi connectivity index (χ1) is 12.7. The fourth-order valence-electron chi connectivity index (χ4n) is 3.09. The van der Waals surface area contributed by atoms with Crippen LogP contribution in [0.15, 0.2) is 42.5 Å². The van der Waals surface area contributed by atoms with Crippen LogP contribution in [-0.2, 0) is 15.1 Å². The van der Waals surface area contributed by atoms with Crippen molar-refractivity contribution in [2.45, 2.75) is 26.3 Å². The molecule has 0 spiro atoms. The maximum absolute atomic E-state index is 12.9. The molecule has 1 fully saturated rings. The van der Waals surface area contributed by atoms with E-state index in [0.29, 0.717) is 16.3 Å². The quantitative estimate of drug-likeness (QED) is 0.792. The average Bonchev–Trinajstić information content (AvgIpc) is 2.82. The lowest BCUT2D eigenvalue weighted by molar-refractivity contribution is -0.133. The van der Waals surface area contributed by atoms with Crippen LogP contribution in [0.25, 0.3) is 0 Å². The molecule has 3 rings (SSSR count). The Morgan fingerprint density at radius 1 is 1.19 bits per heavy atom. The number of benzene rings is 2. The van der Waals surface area contributed by atoms with Crippen LogP contribution in [0.5, 0.6) is 0 Å². The number of rotatable bonds is 4. The molecular formula is C20H20ClN3O3. The first kappa shape index (κ1) is 18.9. The minimum Gasteiger partial charge on any atom is -0.324 e. The third-order valence-electron chi connectivity index (χ3n) is 4.66. The van der Waals surface area contributed by atoms with E-state index < -0.39 is 23.4 Å². The van der Waals surface area contributed by atoms with Crippen LogP contribution < -0.4 is 10.6 Å². The van der Waals surface area contributed by atoms with E-state index >= 15 is 0 Å². The minimum atomic E-state index is -1.31. The lowest BCUT2D eigenvalue weighted by Crippen LogP contribution is -2.42. The van der Waals surface area contributed by atoms with Crippen LogP contribution in [0.3, 0.4) is 0 Å². The van der Waals surface area contributed by atoms with Gasteiger partial charge < -0.3 is 10.6 Å². The fourth-order valence-corrected chi connectivity index (χ4v) is 3.42. The molecular weight excluding hydrogens is 366 g/mol. The van der Waals surface area contributed by atoms with Crippen molar-refractivity contribution in [1.82, 2.24) is 10.2 Å². The molecule has 1 saturated heterocycles. The molecule has 0 bridgehead atoms. The van der Waals surface area contributed by atoms with Crippen molar-refractivity contribution >= 4 is 35.1 Å². The maximum Gasteiger partial charge on any atom is 0.325 e. The van der Waals surface area contributed by atoms with E-state index in [1.54, 1.807) is 31.2 Å². The summed E-state index contributed by atoms with van der Waals surface area (Å²) < 4.78 is 0. The standard InChI is InChI=1S/C20H20ClN3O3/c1-12-8-9-13(2)16(10-12)22-17(25)11-24-18(26)20(3,23-19(24)27)14-6-4-5-7-15(14)21/h4-10H,11H2,1-3H3,(H,22,25)(H,23,27). The minimum absolute atomic E-state index is 0.371. The third-order valence-corrected chi connectivity index (χ3v) is 4.99. The molecule has 4 amide bonds. The van der Waals surface area contributed by atoms with Crippen LogP contribution in [0.1, 0.15) is 23.6 Å². The number of carbonyl (C=O) groups excluding carboxylic acids is 3. The number of aryl methyl sites for hydroxylation is 2. The Labute approximate surface area is 162 Å². The zero-order chi connectivity index (χ0) is 19.8. The molecule has 0 saturated carbocycles. The topological polar surface area (TPSA) is 78.5 Å². The molecule has 7 heteroatoms. The Kier molecular flexibility index (Phi) is 4.93. The number of hydrogen-bond donors (Lipinski definition) is 2. The zero-order valence-electron chi connectivity index (χ0n) is 15.3. The van der Waals surface area contributed by atoms with Crippen molar-refractivity contribution in [3.8, 4) is 0 Å². The van der Waals surface area contributed by atoms with Crippen molar-refractivity contribution in [1.29, 1.82) is 0 Å². The third kappa shape index (κ3) is 3.53. The molecule has 2 aromatic carbocycles. The van der Waals surface area contributed by atoms with Gasteiger partial charge in [-0.1, -0.05) is 41.9 Å². The number of nitrogens with one attached hydrogen (secondary N) is 2. The Balaban J connectivity index is 1.79. The van der Waals surface area contributed by atoms with Gasteiger partial charge in [-0.15, -0.1) is 0 Å². The molecule has 140 valence electrons. The SMILES string of the molecule is Cc1ccc(C)c(NC(=O)CN2C(=O)NC(C)(c3ccccc3Cl)C2=O)c1. The van der Waals surface area contributed by atoms with E-state index in [9.17, 15) is 14.4 Å². The lowest BCUT2D eigenvalue weighted by atomic mass is 9.92. The number of amides is 4. The molecule has 1 unspecified atom stereocenters. The van der Waals surface area contributed by atoms with Gasteiger partial charge in [0.05, 0.1) is 0 Å². The Morgan fingerprint density at radius 2 is 1.89 bits per heavy atom. The van der Waals surface area contributed by atoms with E-state index in [1.165, 1.54) is 0 Å². The highest BCUT2D eigenvalue weighted by atomic mass is 35.5. The van der Waals surface area contributed by atoms with Crippen molar-refractivity contribution < 1.29 is 14.4 Å². The second-order valence-corrected chi connectivity index (χ2v) is 7.20. The van der Waals surface area contributed by atoms with E-state index in [0.717, 1.165) is 16.0 Å². The van der Waals surface area contributed by atoms with Gasteiger partial charge in [0.1, 0.15) is 12.1 Å². The summed E-state index contributed by atoms with van der Waals surface area (Å²) in [7, 11) is 0. The van der Waals surface area contributed by atoms with E-state index in [4.69, 9.17) is 11.6 Å². The first-order valence-electron chi connectivity index (χ1n) is 8.48. The van der Waals surface area contributed by atoms with Gasteiger partial charge in [0.25, 0.3) is 5.91 Å². The number of hydrogen-bond acceptors (Lipinski definition) is 3. The Hall–Kier alpha value is -2.86. The number of anilines is 1. The summed E-state index contributed by atoms with van der Waals surface area (Å²) in [5.41, 5.74) is 1.72. The van der Waals surface area contributed by atoms with Crippen LogP contribution in [0, 0.1) is 13.8 Å². The van der Waals surface area contributed by atoms with Crippen LogP contribution in [-0.4, -0.2) is 29.3 Å². The molecule has 0 aliphatic carbocycles. The molecule has 6 nitrogen and oxygen atoms in total. The molecule has 1 atom stereocenters. The summed E-state index contributed by atoms with van der Waals surface area (Å²) in [4.78, 5) is 38.6. The number of halogens is 1. The van der Waals surface area contributed by atoms with Crippen LogP contribution in [0.2, 0.25) is 5.02 Å². The number of nitrogens with zero attached hydrogens (tertiary/aromatic N) is 1. The van der Waals surface area contributed by atoms with Crippen LogP contribution in [0.4, 0.5) is 10.5 Å². The molecule has 0 aromatic heterocycles. The van der Waals surface area contributed by atoms with Crippen molar-refractivity contribution in [3.05, 3.63) is 64.2 Å². The van der Waals surface area contributed by atoms with Gasteiger partial charge in [0.2, 0.25) is 5.91 Å². The predicted molar refractivity (Wildman–Crippen MR) is 104 cm³/mol. The van der Waals surface area contributed by atoms with Gasteiger partial charge in [-0.2, -0.15) is 0 Å². The van der Waals surface area contributed by atoms with Gasteiger partial charge >= 0.3 is 6.03 Å². The highest BCUT2D eigenvalue weighted by Crippen LogP contribution is 2.33. The van der Waals surface area contributed by atoms with Gasteiger partial charge in [-0.05, 0) is 44.0 Å². The summed E-state index contributed by atoms with van der Waals surface area (Å²) in [6.07, 6.45) is 0. The van der Waals surface area contributed by atoms with E-state index in [1.807, 2.05) is 32.0 Å². The van der Waals surface area contributed by atoms with Gasteiger partial charge in [-0.3, -0.25) is 14.5 Å². The number of imide groups is 1. The summed E-state index contributed by atoms with van der Waals surface area (Å²) in [6, 6.07) is 11.9. The zero-order valence-corrected chi connectivity index (χ0v) is 16.1. The molecule has 2 aromatic rings. The molecule has 1 aliphatic heterocycles. The summed E-state index contributed by atoms with van der Waals surface area (Å²) >= 11 is 6.20. The second-order valence-electron chi connectivity index (χ2n) is 6.79. The predicted octanol–water partition coefficient (Wildman–Crippen LogP) is 3.36. The largest absolute Gasteiger partial charge is 0.325 e. The average molecular weight is 386 g/mol. The molecule has 1 aliphatic rings. The molecule has 0 radical (unpaired) electrons. The first-order valence-corrected chi connectivity index (χ1v) is 8.86. The van der Waals surface area contributed by atoms with Crippen molar-refractivity contribution in [2.24, 2.45) is 0 Å². The molecule has 27 heavy (non-hydrogen) atoms. The van der Waals surface area contributed by atoms with Crippen molar-refractivity contribution in [3.63, 3.8) is 0 Å². The highest BCUT2D eigenvalue weighted by molar-refractivity contribution is 6.32. The monoisotopic (exact) mass is 385 g/mol. The van der Waals surface area contributed by atoms with Gasteiger partial charge in [0.15, 0.2) is 0 Å². The lowest BCUT2D eigenvalue weighted by Gasteiger charge is -2.23. The van der Waals surface area contributed by atoms with E-state index in [-0.39, 0.29) is 6.54 Å². The Bertz CT molecular complexity index is 944. The Morgan fingerprint density at radius 3 is 2.59 bits per heavy atom. The van der Waals surface area contributed by atoms with Crippen LogP contribution >= 0.6 is 11.6 Å². The molecule has 2 N–H and O–H groups in total. The normalized spacial score (nSPS) is 19.2. The van der Waals surface area contributed by atoms with Crippen molar-refractivity contribution in [2.75, 3.05) is 11.9 Å². The second kappa shape index (κ2) is 7.04. The van der Waals surface area contributed by atoms with Gasteiger partial charge in [0, 0.05) is 16.3 Å². The smallest absolute Gasteiger partial charge is 0.324 e. The van der Waals surface area contributed by atoms with E-state index in [2.05, 4.69) is 10.6 Å². The highest BCUT2D eigenvalue weighted by Gasteiger charge is 2.50. The maximum atomic E-state index is 12.9.